The van der Waals surface area contributed by atoms with Crippen molar-refractivity contribution in [2.75, 3.05) is 0 Å². The van der Waals surface area contributed by atoms with Crippen LogP contribution in [0.2, 0.25) is 0 Å². The first-order valence-electron chi connectivity index (χ1n) is 7.12. The van der Waals surface area contributed by atoms with Crippen molar-refractivity contribution in [3.05, 3.63) is 35.9 Å². The molecule has 5 atom stereocenters. The predicted molar refractivity (Wildman–Crippen MR) is 74.5 cm³/mol. The molecule has 1 heterocycles. The smallest absolute Gasteiger partial charge is 0.159 e. The highest BCUT2D eigenvalue weighted by atomic mass is 16.6. The minimum Gasteiger partial charge on any atom is -0.373 e. The van der Waals surface area contributed by atoms with E-state index in [9.17, 15) is 5.11 Å². The second kappa shape index (κ2) is 6.51. The molecular weight excluding hydrogens is 240 g/mol. The Morgan fingerprint density at radius 1 is 1.16 bits per heavy atom. The van der Waals surface area contributed by atoms with Gasteiger partial charge in [-0.05, 0) is 12.0 Å². The van der Waals surface area contributed by atoms with Gasteiger partial charge < -0.3 is 14.6 Å². The molecule has 1 aromatic carbocycles. The number of hydrogen-bond donors (Lipinski definition) is 1. The Labute approximate surface area is 115 Å². The van der Waals surface area contributed by atoms with E-state index in [4.69, 9.17) is 9.47 Å². The fraction of sp³-hybridized carbons (Fsp3) is 0.625. The van der Waals surface area contributed by atoms with Crippen LogP contribution in [-0.4, -0.2) is 23.6 Å². The van der Waals surface area contributed by atoms with E-state index in [1.165, 1.54) is 0 Å². The summed E-state index contributed by atoms with van der Waals surface area (Å²) >= 11 is 0. The number of ether oxygens (including phenoxy) is 2. The first-order valence-corrected chi connectivity index (χ1v) is 7.12. The van der Waals surface area contributed by atoms with Crippen molar-refractivity contribution in [2.24, 2.45) is 11.8 Å². The van der Waals surface area contributed by atoms with Gasteiger partial charge in [0.1, 0.15) is 0 Å². The number of benzene rings is 1. The number of hydrogen-bond acceptors (Lipinski definition) is 3. The van der Waals surface area contributed by atoms with Crippen molar-refractivity contribution in [3.63, 3.8) is 0 Å². The van der Waals surface area contributed by atoms with Gasteiger partial charge in [0.05, 0.1) is 18.8 Å². The van der Waals surface area contributed by atoms with Gasteiger partial charge in [-0.25, -0.2) is 0 Å². The molecule has 0 radical (unpaired) electrons. The van der Waals surface area contributed by atoms with Gasteiger partial charge in [0, 0.05) is 11.8 Å². The van der Waals surface area contributed by atoms with Gasteiger partial charge in [0.25, 0.3) is 0 Å². The standard InChI is InChI=1S/C16H24O3/c1-4-14-11(2)15(12(3)16(17)19-14)18-10-13-8-6-5-7-9-13/h5-9,11-12,14-17H,4,10H2,1-3H3/t11-,12+,14+,15-,16?/m0/s1. The van der Waals surface area contributed by atoms with Gasteiger partial charge in [-0.1, -0.05) is 51.1 Å². The Balaban J connectivity index is 2.00. The molecular formula is C16H24O3. The maximum atomic E-state index is 9.96. The normalized spacial score (nSPS) is 35.3. The lowest BCUT2D eigenvalue weighted by Gasteiger charge is -2.42. The molecule has 19 heavy (non-hydrogen) atoms. The third-order valence-corrected chi connectivity index (χ3v) is 4.07. The zero-order valence-corrected chi connectivity index (χ0v) is 12.0. The Hall–Kier alpha value is -0.900. The maximum absolute atomic E-state index is 9.96. The summed E-state index contributed by atoms with van der Waals surface area (Å²) in [5.74, 6) is 0.300. The molecule has 106 valence electrons. The van der Waals surface area contributed by atoms with Gasteiger partial charge in [0.15, 0.2) is 6.29 Å². The largest absolute Gasteiger partial charge is 0.373 e. The minimum absolute atomic E-state index is 0.00140. The Morgan fingerprint density at radius 2 is 1.84 bits per heavy atom. The molecule has 3 nitrogen and oxygen atoms in total. The van der Waals surface area contributed by atoms with Crippen molar-refractivity contribution in [2.45, 2.75) is 52.3 Å². The molecule has 1 fully saturated rings. The van der Waals surface area contributed by atoms with Crippen molar-refractivity contribution >= 4 is 0 Å². The molecule has 1 aromatic rings. The zero-order valence-electron chi connectivity index (χ0n) is 12.0. The van der Waals surface area contributed by atoms with Crippen LogP contribution in [0.1, 0.15) is 32.8 Å². The summed E-state index contributed by atoms with van der Waals surface area (Å²) in [4.78, 5) is 0. The van der Waals surface area contributed by atoms with Crippen LogP contribution in [0, 0.1) is 11.8 Å². The lowest BCUT2D eigenvalue weighted by atomic mass is 9.84. The van der Waals surface area contributed by atoms with Crippen LogP contribution in [-0.2, 0) is 16.1 Å². The van der Waals surface area contributed by atoms with Crippen molar-refractivity contribution in [1.29, 1.82) is 0 Å². The summed E-state index contributed by atoms with van der Waals surface area (Å²) in [7, 11) is 0. The molecule has 0 aromatic heterocycles. The van der Waals surface area contributed by atoms with Crippen molar-refractivity contribution < 1.29 is 14.6 Å². The molecule has 0 amide bonds. The molecule has 1 saturated heterocycles. The summed E-state index contributed by atoms with van der Waals surface area (Å²) in [5, 5.41) is 9.96. The fourth-order valence-electron chi connectivity index (χ4n) is 2.82. The Bertz CT molecular complexity index is 379. The second-order valence-electron chi connectivity index (χ2n) is 5.45. The minimum atomic E-state index is -0.720. The molecule has 1 aliphatic rings. The van der Waals surface area contributed by atoms with Crippen LogP contribution < -0.4 is 0 Å². The van der Waals surface area contributed by atoms with Crippen molar-refractivity contribution in [3.8, 4) is 0 Å². The van der Waals surface area contributed by atoms with Crippen LogP contribution in [0.15, 0.2) is 30.3 Å². The topological polar surface area (TPSA) is 38.7 Å². The van der Waals surface area contributed by atoms with E-state index < -0.39 is 6.29 Å². The van der Waals surface area contributed by atoms with Gasteiger partial charge in [-0.3, -0.25) is 0 Å². The third-order valence-electron chi connectivity index (χ3n) is 4.07. The first kappa shape index (κ1) is 14.5. The van der Waals surface area contributed by atoms with Crippen molar-refractivity contribution in [1.82, 2.24) is 0 Å². The predicted octanol–water partition coefficient (Wildman–Crippen LogP) is 2.97. The molecule has 1 aliphatic heterocycles. The Kier molecular flexibility index (Phi) is 4.97. The van der Waals surface area contributed by atoms with E-state index in [0.717, 1.165) is 12.0 Å². The quantitative estimate of drug-likeness (QED) is 0.908. The molecule has 3 heteroatoms. The molecule has 2 rings (SSSR count). The molecule has 0 bridgehead atoms. The van der Waals surface area contributed by atoms with E-state index in [0.29, 0.717) is 12.5 Å². The average molecular weight is 264 g/mol. The number of aliphatic hydroxyl groups is 1. The fourth-order valence-corrected chi connectivity index (χ4v) is 2.82. The van der Waals surface area contributed by atoms with E-state index in [2.05, 4.69) is 26.0 Å². The zero-order chi connectivity index (χ0) is 13.8. The van der Waals surface area contributed by atoms with Crippen LogP contribution in [0.25, 0.3) is 0 Å². The van der Waals surface area contributed by atoms with Crippen LogP contribution in [0.4, 0.5) is 0 Å². The summed E-state index contributed by atoms with van der Waals surface area (Å²) in [5.41, 5.74) is 1.16. The first-order chi connectivity index (χ1) is 9.13. The van der Waals surface area contributed by atoms with Gasteiger partial charge in [-0.2, -0.15) is 0 Å². The second-order valence-corrected chi connectivity index (χ2v) is 5.45. The van der Waals surface area contributed by atoms with E-state index in [1.807, 2.05) is 25.1 Å². The molecule has 1 N–H and O–H groups in total. The highest BCUT2D eigenvalue weighted by Crippen LogP contribution is 2.33. The van der Waals surface area contributed by atoms with Gasteiger partial charge >= 0.3 is 0 Å². The summed E-state index contributed by atoms with van der Waals surface area (Å²) in [6.45, 7) is 6.80. The average Bonchev–Trinajstić information content (AvgIpc) is 2.44. The Morgan fingerprint density at radius 3 is 2.47 bits per heavy atom. The molecule has 0 aliphatic carbocycles. The third kappa shape index (κ3) is 3.35. The maximum Gasteiger partial charge on any atom is 0.159 e. The van der Waals surface area contributed by atoms with Crippen LogP contribution in [0.3, 0.4) is 0 Å². The highest BCUT2D eigenvalue weighted by molar-refractivity contribution is 5.13. The van der Waals surface area contributed by atoms with Crippen LogP contribution >= 0.6 is 0 Å². The monoisotopic (exact) mass is 264 g/mol. The van der Waals surface area contributed by atoms with E-state index >= 15 is 0 Å². The number of aliphatic hydroxyl groups excluding tert-OH is 1. The molecule has 0 spiro atoms. The number of rotatable bonds is 4. The SMILES string of the molecule is CC[C@H]1OC(O)[C@H](C)[C@@H](OCc2ccccc2)[C@H]1C. The van der Waals surface area contributed by atoms with E-state index in [1.54, 1.807) is 0 Å². The summed E-state index contributed by atoms with van der Waals surface area (Å²) < 4.78 is 11.7. The lowest BCUT2D eigenvalue weighted by molar-refractivity contribution is -0.252. The summed E-state index contributed by atoms with van der Waals surface area (Å²) in [6.07, 6.45) is 0.290. The van der Waals surface area contributed by atoms with Gasteiger partial charge in [0.2, 0.25) is 0 Å². The summed E-state index contributed by atoms with van der Waals surface area (Å²) in [6, 6.07) is 10.1. The highest BCUT2D eigenvalue weighted by Gasteiger charge is 2.40. The van der Waals surface area contributed by atoms with Gasteiger partial charge in [-0.15, -0.1) is 0 Å². The molecule has 0 saturated carbocycles. The molecule has 1 unspecified atom stereocenters. The van der Waals surface area contributed by atoms with E-state index in [-0.39, 0.29) is 18.1 Å². The van der Waals surface area contributed by atoms with Crippen LogP contribution in [0.5, 0.6) is 0 Å². The lowest BCUT2D eigenvalue weighted by Crippen LogP contribution is -2.49.